The molecule has 0 saturated heterocycles. The molecule has 1 atom stereocenters. The molecular weight excluding hydrogens is 322 g/mol. The van der Waals surface area contributed by atoms with Crippen molar-refractivity contribution in [3.05, 3.63) is 36.4 Å². The lowest BCUT2D eigenvalue weighted by Gasteiger charge is -2.18. The average molecular weight is 341 g/mol. The Balaban J connectivity index is 1.92. The van der Waals surface area contributed by atoms with E-state index in [1.807, 2.05) is 34.9 Å². The van der Waals surface area contributed by atoms with Gasteiger partial charge in [-0.2, -0.15) is 0 Å². The Bertz CT molecular complexity index is 922. The Kier molecular flexibility index (Phi) is 3.95. The lowest BCUT2D eigenvalue weighted by molar-refractivity contribution is 0.0824. The summed E-state index contributed by atoms with van der Waals surface area (Å²) in [6.07, 6.45) is -0.898. The second-order valence-electron chi connectivity index (χ2n) is 5.99. The minimum Gasteiger partial charge on any atom is -0.486 e. The minimum absolute atomic E-state index is 0.205. The molecule has 1 aliphatic heterocycles. The number of nitrogens with two attached hydrogens (primary N) is 1. The van der Waals surface area contributed by atoms with Gasteiger partial charge in [-0.25, -0.2) is 4.98 Å². The molecule has 2 aromatic carbocycles. The van der Waals surface area contributed by atoms with E-state index < -0.39 is 6.10 Å². The van der Waals surface area contributed by atoms with Crippen LogP contribution in [0.15, 0.2) is 36.4 Å². The highest BCUT2D eigenvalue weighted by Gasteiger charge is 2.20. The molecule has 1 aromatic heterocycles. The van der Waals surface area contributed by atoms with Gasteiger partial charge in [0.25, 0.3) is 0 Å². The maximum Gasteiger partial charge on any atom is 0.163 e. The van der Waals surface area contributed by atoms with E-state index >= 15 is 0 Å². The summed E-state index contributed by atoms with van der Waals surface area (Å²) >= 11 is 0. The molecule has 0 radical (unpaired) electrons. The maximum absolute atomic E-state index is 9.97. The van der Waals surface area contributed by atoms with Gasteiger partial charge in [-0.05, 0) is 12.1 Å². The zero-order valence-electron chi connectivity index (χ0n) is 13.6. The third-order valence-electron chi connectivity index (χ3n) is 4.16. The van der Waals surface area contributed by atoms with E-state index in [0.717, 1.165) is 16.6 Å². The quantitative estimate of drug-likeness (QED) is 0.620. The zero-order chi connectivity index (χ0) is 17.4. The lowest BCUT2D eigenvalue weighted by atomic mass is 10.2. The van der Waals surface area contributed by atoms with E-state index in [1.165, 1.54) is 0 Å². The smallest absolute Gasteiger partial charge is 0.163 e. The van der Waals surface area contributed by atoms with Crippen LogP contribution < -0.4 is 15.2 Å². The summed E-state index contributed by atoms with van der Waals surface area (Å²) in [5.41, 5.74) is 8.89. The van der Waals surface area contributed by atoms with Crippen molar-refractivity contribution in [3.63, 3.8) is 0 Å². The number of anilines is 1. The molecule has 3 aromatic rings. The molecule has 0 saturated carbocycles. The van der Waals surface area contributed by atoms with Gasteiger partial charge in [0, 0.05) is 23.4 Å². The Morgan fingerprint density at radius 3 is 2.64 bits per heavy atom. The first-order chi connectivity index (χ1) is 12.2. The van der Waals surface area contributed by atoms with E-state index in [4.69, 9.17) is 20.2 Å². The van der Waals surface area contributed by atoms with Crippen molar-refractivity contribution in [2.24, 2.45) is 0 Å². The van der Waals surface area contributed by atoms with Gasteiger partial charge < -0.3 is 30.0 Å². The summed E-state index contributed by atoms with van der Waals surface area (Å²) in [4.78, 5) is 4.70. The number of nitrogens with zero attached hydrogens (tertiary/aromatic N) is 2. The number of fused-ring (bicyclic) bond motifs is 2. The van der Waals surface area contributed by atoms with Gasteiger partial charge in [0.05, 0.1) is 30.3 Å². The molecule has 1 unspecified atom stereocenters. The second-order valence-corrected chi connectivity index (χ2v) is 5.99. The largest absolute Gasteiger partial charge is 0.486 e. The molecule has 2 heterocycles. The molecule has 0 aliphatic carbocycles. The number of nitrogen functional groups attached to an aromatic ring is 1. The normalized spacial score (nSPS) is 14.6. The van der Waals surface area contributed by atoms with Crippen LogP contribution in [0.2, 0.25) is 0 Å². The Labute approximate surface area is 144 Å². The molecule has 1 aliphatic rings. The first-order valence-electron chi connectivity index (χ1n) is 8.10. The van der Waals surface area contributed by atoms with Crippen molar-refractivity contribution in [2.45, 2.75) is 12.6 Å². The lowest BCUT2D eigenvalue weighted by Crippen LogP contribution is -2.20. The number of aromatic nitrogens is 2. The van der Waals surface area contributed by atoms with Gasteiger partial charge in [0.2, 0.25) is 0 Å². The summed E-state index contributed by atoms with van der Waals surface area (Å²) in [6.45, 7) is 0.871. The predicted molar refractivity (Wildman–Crippen MR) is 93.7 cm³/mol. The van der Waals surface area contributed by atoms with E-state index in [9.17, 15) is 10.2 Å². The topological polar surface area (TPSA) is 103 Å². The summed E-state index contributed by atoms with van der Waals surface area (Å²) in [5.74, 6) is 1.97. The van der Waals surface area contributed by atoms with Crippen LogP contribution in [0, 0.1) is 0 Å². The number of hydrogen-bond acceptors (Lipinski definition) is 6. The number of imidazole rings is 1. The van der Waals surface area contributed by atoms with Gasteiger partial charge in [-0.1, -0.05) is 12.1 Å². The number of rotatable bonds is 4. The van der Waals surface area contributed by atoms with Crippen LogP contribution in [0.25, 0.3) is 22.4 Å². The highest BCUT2D eigenvalue weighted by Crippen LogP contribution is 2.36. The monoisotopic (exact) mass is 341 g/mol. The predicted octanol–water partition coefficient (Wildman–Crippen LogP) is 1.41. The number of ether oxygens (including phenoxy) is 2. The Morgan fingerprint density at radius 1 is 1.16 bits per heavy atom. The van der Waals surface area contributed by atoms with Crippen molar-refractivity contribution >= 4 is 16.7 Å². The first kappa shape index (κ1) is 15.7. The van der Waals surface area contributed by atoms with E-state index in [-0.39, 0.29) is 13.2 Å². The SMILES string of the molecule is Nc1cccc(-c2nc3cc4c(cc3n2CC(O)CO)OCCO4)c1. The zero-order valence-corrected chi connectivity index (χ0v) is 13.6. The molecule has 0 amide bonds. The van der Waals surface area contributed by atoms with Crippen LogP contribution in [0.1, 0.15) is 0 Å². The van der Waals surface area contributed by atoms with Gasteiger partial charge in [0.15, 0.2) is 11.5 Å². The minimum atomic E-state index is -0.898. The average Bonchev–Trinajstić information content (AvgIpc) is 2.97. The molecule has 4 N–H and O–H groups in total. The van der Waals surface area contributed by atoms with E-state index in [2.05, 4.69) is 0 Å². The number of benzene rings is 2. The van der Waals surface area contributed by atoms with Crippen molar-refractivity contribution in [1.82, 2.24) is 9.55 Å². The molecule has 7 nitrogen and oxygen atoms in total. The van der Waals surface area contributed by atoms with Gasteiger partial charge in [-0.3, -0.25) is 0 Å². The third kappa shape index (κ3) is 2.88. The van der Waals surface area contributed by atoms with Crippen LogP contribution in [0.5, 0.6) is 11.5 Å². The number of aliphatic hydroxyl groups is 2. The van der Waals surface area contributed by atoms with Crippen LogP contribution in [-0.4, -0.2) is 45.7 Å². The molecule has 7 heteroatoms. The van der Waals surface area contributed by atoms with Gasteiger partial charge in [0.1, 0.15) is 19.0 Å². The Morgan fingerprint density at radius 2 is 1.92 bits per heavy atom. The van der Waals surface area contributed by atoms with Gasteiger partial charge >= 0.3 is 0 Å². The van der Waals surface area contributed by atoms with Crippen LogP contribution in [-0.2, 0) is 6.54 Å². The molecule has 0 spiro atoms. The standard InChI is InChI=1S/C18H19N3O4/c19-12-3-1-2-11(6-12)18-20-14-7-16-17(25-5-4-24-16)8-15(14)21(18)9-13(23)10-22/h1-3,6-8,13,22-23H,4-5,9-10,19H2. The number of hydrogen-bond donors (Lipinski definition) is 3. The van der Waals surface area contributed by atoms with Crippen LogP contribution >= 0.6 is 0 Å². The summed E-state index contributed by atoms with van der Waals surface area (Å²) < 4.78 is 13.1. The summed E-state index contributed by atoms with van der Waals surface area (Å²) in [7, 11) is 0. The fourth-order valence-electron chi connectivity index (χ4n) is 3.01. The summed E-state index contributed by atoms with van der Waals surface area (Å²) in [6, 6.07) is 11.1. The molecule has 130 valence electrons. The summed E-state index contributed by atoms with van der Waals surface area (Å²) in [5, 5.41) is 19.2. The van der Waals surface area contributed by atoms with Crippen molar-refractivity contribution in [2.75, 3.05) is 25.6 Å². The van der Waals surface area contributed by atoms with Crippen molar-refractivity contribution in [1.29, 1.82) is 0 Å². The van der Waals surface area contributed by atoms with Crippen molar-refractivity contribution in [3.8, 4) is 22.9 Å². The number of aliphatic hydroxyl groups excluding tert-OH is 2. The van der Waals surface area contributed by atoms with Gasteiger partial charge in [-0.15, -0.1) is 0 Å². The molecule has 0 fully saturated rings. The highest BCUT2D eigenvalue weighted by atomic mass is 16.6. The fourth-order valence-corrected chi connectivity index (χ4v) is 3.01. The molecule has 0 bridgehead atoms. The fraction of sp³-hybridized carbons (Fsp3) is 0.278. The van der Waals surface area contributed by atoms with Crippen LogP contribution in [0.4, 0.5) is 5.69 Å². The maximum atomic E-state index is 9.97. The van der Waals surface area contributed by atoms with Crippen molar-refractivity contribution < 1.29 is 19.7 Å². The molecule has 4 rings (SSSR count). The molecule has 25 heavy (non-hydrogen) atoms. The first-order valence-corrected chi connectivity index (χ1v) is 8.10. The van der Waals surface area contributed by atoms with E-state index in [0.29, 0.717) is 36.2 Å². The van der Waals surface area contributed by atoms with Crippen LogP contribution in [0.3, 0.4) is 0 Å². The third-order valence-corrected chi connectivity index (χ3v) is 4.16. The Hall–Kier alpha value is -2.77. The second kappa shape index (κ2) is 6.27. The highest BCUT2D eigenvalue weighted by molar-refractivity contribution is 5.84. The van der Waals surface area contributed by atoms with E-state index in [1.54, 1.807) is 6.07 Å². The molecular formula is C18H19N3O4.